The van der Waals surface area contributed by atoms with E-state index in [2.05, 4.69) is 10.2 Å². The molecule has 5 nitrogen and oxygen atoms in total. The van der Waals surface area contributed by atoms with Gasteiger partial charge in [-0.05, 0) is 26.3 Å². The molecular formula is C11H20N2O3. The van der Waals surface area contributed by atoms with Gasteiger partial charge in [0.2, 0.25) is 5.91 Å². The van der Waals surface area contributed by atoms with E-state index in [-0.39, 0.29) is 18.2 Å². The Morgan fingerprint density at radius 2 is 2.25 bits per heavy atom. The summed E-state index contributed by atoms with van der Waals surface area (Å²) in [5.41, 5.74) is 0. The summed E-state index contributed by atoms with van der Waals surface area (Å²) in [5, 5.41) is 11.4. The number of hydrogen-bond donors (Lipinski definition) is 2. The molecule has 16 heavy (non-hydrogen) atoms. The van der Waals surface area contributed by atoms with E-state index < -0.39 is 5.97 Å². The smallest absolute Gasteiger partial charge is 0.304 e. The summed E-state index contributed by atoms with van der Waals surface area (Å²) in [6.07, 6.45) is 2.04. The van der Waals surface area contributed by atoms with Crippen LogP contribution < -0.4 is 5.32 Å². The summed E-state index contributed by atoms with van der Waals surface area (Å²) in [5.74, 6) is -0.648. The first-order valence-electron chi connectivity index (χ1n) is 5.85. The number of nitrogens with one attached hydrogen (secondary N) is 1. The van der Waals surface area contributed by atoms with E-state index in [1.54, 1.807) is 0 Å². The first-order chi connectivity index (χ1) is 7.63. The Kier molecular flexibility index (Phi) is 5.25. The SMILES string of the molecule is CCNC(=O)C1CCCN(CCC(=O)O)C1. The Labute approximate surface area is 95.8 Å². The van der Waals surface area contributed by atoms with Crippen LogP contribution in [0.1, 0.15) is 26.2 Å². The molecule has 5 heteroatoms. The van der Waals surface area contributed by atoms with Gasteiger partial charge in [-0.2, -0.15) is 0 Å². The van der Waals surface area contributed by atoms with Gasteiger partial charge < -0.3 is 15.3 Å². The van der Waals surface area contributed by atoms with Crippen LogP contribution in [0.3, 0.4) is 0 Å². The number of amides is 1. The van der Waals surface area contributed by atoms with Crippen LogP contribution >= 0.6 is 0 Å². The molecule has 1 unspecified atom stereocenters. The van der Waals surface area contributed by atoms with Crippen LogP contribution in [0.4, 0.5) is 0 Å². The highest BCUT2D eigenvalue weighted by Crippen LogP contribution is 2.16. The van der Waals surface area contributed by atoms with Crippen molar-refractivity contribution >= 4 is 11.9 Å². The summed E-state index contributed by atoms with van der Waals surface area (Å²) in [6, 6.07) is 0. The van der Waals surface area contributed by atoms with Gasteiger partial charge in [0.1, 0.15) is 0 Å². The van der Waals surface area contributed by atoms with Crippen molar-refractivity contribution in [3.8, 4) is 0 Å². The number of nitrogens with zero attached hydrogens (tertiary/aromatic N) is 1. The van der Waals surface area contributed by atoms with Crippen LogP contribution in [0.25, 0.3) is 0 Å². The van der Waals surface area contributed by atoms with Crippen molar-refractivity contribution in [3.05, 3.63) is 0 Å². The molecule has 0 aromatic carbocycles. The summed E-state index contributed by atoms with van der Waals surface area (Å²) >= 11 is 0. The summed E-state index contributed by atoms with van der Waals surface area (Å²) < 4.78 is 0. The molecule has 0 aromatic heterocycles. The number of rotatable bonds is 5. The second kappa shape index (κ2) is 6.48. The molecule has 1 fully saturated rings. The predicted molar refractivity (Wildman–Crippen MR) is 60.1 cm³/mol. The highest BCUT2D eigenvalue weighted by molar-refractivity contribution is 5.78. The van der Waals surface area contributed by atoms with E-state index in [1.165, 1.54) is 0 Å². The van der Waals surface area contributed by atoms with E-state index in [0.717, 1.165) is 19.4 Å². The maximum Gasteiger partial charge on any atom is 0.304 e. The van der Waals surface area contributed by atoms with E-state index in [4.69, 9.17) is 5.11 Å². The zero-order chi connectivity index (χ0) is 12.0. The zero-order valence-corrected chi connectivity index (χ0v) is 9.74. The molecule has 0 bridgehead atoms. The molecule has 1 rings (SSSR count). The Bertz CT molecular complexity index is 256. The third-order valence-electron chi connectivity index (χ3n) is 2.87. The molecule has 1 aliphatic heterocycles. The number of carboxylic acids is 1. The molecule has 1 saturated heterocycles. The van der Waals surface area contributed by atoms with Crippen molar-refractivity contribution in [2.45, 2.75) is 26.2 Å². The number of carbonyl (C=O) groups is 2. The lowest BCUT2D eigenvalue weighted by atomic mass is 9.97. The van der Waals surface area contributed by atoms with Gasteiger partial charge in [0, 0.05) is 19.6 Å². The molecule has 1 heterocycles. The molecule has 1 aliphatic rings. The summed E-state index contributed by atoms with van der Waals surface area (Å²) in [6.45, 7) is 4.71. The first kappa shape index (κ1) is 13.0. The monoisotopic (exact) mass is 228 g/mol. The van der Waals surface area contributed by atoms with Crippen molar-refractivity contribution < 1.29 is 14.7 Å². The third kappa shape index (κ3) is 4.18. The zero-order valence-electron chi connectivity index (χ0n) is 9.74. The topological polar surface area (TPSA) is 69.6 Å². The van der Waals surface area contributed by atoms with Gasteiger partial charge in [-0.25, -0.2) is 0 Å². The van der Waals surface area contributed by atoms with Crippen molar-refractivity contribution in [3.63, 3.8) is 0 Å². The van der Waals surface area contributed by atoms with Gasteiger partial charge in [-0.15, -0.1) is 0 Å². The Morgan fingerprint density at radius 1 is 1.50 bits per heavy atom. The standard InChI is InChI=1S/C11H20N2O3/c1-2-12-11(16)9-4-3-6-13(8-9)7-5-10(14)15/h9H,2-8H2,1H3,(H,12,16)(H,14,15). The number of likely N-dealkylation sites (tertiary alicyclic amines) is 1. The number of piperidine rings is 1. The predicted octanol–water partition coefficient (Wildman–Crippen LogP) is 0.309. The largest absolute Gasteiger partial charge is 0.481 e. The Balaban J connectivity index is 2.34. The minimum Gasteiger partial charge on any atom is -0.481 e. The van der Waals surface area contributed by atoms with Gasteiger partial charge in [-0.3, -0.25) is 9.59 Å². The van der Waals surface area contributed by atoms with Crippen molar-refractivity contribution in [2.24, 2.45) is 5.92 Å². The fourth-order valence-electron chi connectivity index (χ4n) is 2.04. The minimum atomic E-state index is -0.778. The maximum absolute atomic E-state index is 11.6. The molecule has 1 amide bonds. The number of aliphatic carboxylic acids is 1. The number of carbonyl (C=O) groups excluding carboxylic acids is 1. The van der Waals surface area contributed by atoms with Gasteiger partial charge in [0.25, 0.3) is 0 Å². The normalized spacial score (nSPS) is 21.7. The lowest BCUT2D eigenvalue weighted by Gasteiger charge is -2.31. The molecule has 2 N–H and O–H groups in total. The van der Waals surface area contributed by atoms with Crippen LogP contribution in [0.5, 0.6) is 0 Å². The van der Waals surface area contributed by atoms with E-state index >= 15 is 0 Å². The Morgan fingerprint density at radius 3 is 2.88 bits per heavy atom. The lowest BCUT2D eigenvalue weighted by Crippen LogP contribution is -2.43. The molecule has 0 spiro atoms. The lowest BCUT2D eigenvalue weighted by molar-refractivity contribution is -0.137. The first-order valence-corrected chi connectivity index (χ1v) is 5.85. The van der Waals surface area contributed by atoms with Gasteiger partial charge in [0.15, 0.2) is 0 Å². The van der Waals surface area contributed by atoms with Gasteiger partial charge in [-0.1, -0.05) is 0 Å². The van der Waals surface area contributed by atoms with Crippen LogP contribution in [0, 0.1) is 5.92 Å². The van der Waals surface area contributed by atoms with Crippen LogP contribution in [0.15, 0.2) is 0 Å². The second-order valence-electron chi connectivity index (χ2n) is 4.18. The van der Waals surface area contributed by atoms with Crippen molar-refractivity contribution in [1.82, 2.24) is 10.2 Å². The fourth-order valence-corrected chi connectivity index (χ4v) is 2.04. The van der Waals surface area contributed by atoms with E-state index in [1.807, 2.05) is 6.92 Å². The second-order valence-corrected chi connectivity index (χ2v) is 4.18. The molecule has 0 radical (unpaired) electrons. The molecule has 0 aromatic rings. The minimum absolute atomic E-state index is 0.0301. The number of hydrogen-bond acceptors (Lipinski definition) is 3. The summed E-state index contributed by atoms with van der Waals surface area (Å²) in [7, 11) is 0. The average molecular weight is 228 g/mol. The molecule has 0 aliphatic carbocycles. The molecule has 0 saturated carbocycles. The molecular weight excluding hydrogens is 208 g/mol. The fraction of sp³-hybridized carbons (Fsp3) is 0.818. The molecule has 1 atom stereocenters. The summed E-state index contributed by atoms with van der Waals surface area (Å²) in [4.78, 5) is 24.1. The Hall–Kier alpha value is -1.10. The number of carboxylic acid groups (broad SMARTS) is 1. The van der Waals surface area contributed by atoms with Crippen LogP contribution in [-0.4, -0.2) is 48.1 Å². The molecule has 92 valence electrons. The quantitative estimate of drug-likeness (QED) is 0.710. The highest BCUT2D eigenvalue weighted by Gasteiger charge is 2.25. The van der Waals surface area contributed by atoms with Crippen molar-refractivity contribution in [2.75, 3.05) is 26.2 Å². The van der Waals surface area contributed by atoms with E-state index in [0.29, 0.717) is 19.6 Å². The maximum atomic E-state index is 11.6. The van der Waals surface area contributed by atoms with E-state index in [9.17, 15) is 9.59 Å². The van der Waals surface area contributed by atoms with Crippen molar-refractivity contribution in [1.29, 1.82) is 0 Å². The highest BCUT2D eigenvalue weighted by atomic mass is 16.4. The van der Waals surface area contributed by atoms with Gasteiger partial charge >= 0.3 is 5.97 Å². The van der Waals surface area contributed by atoms with Crippen LogP contribution in [-0.2, 0) is 9.59 Å². The average Bonchev–Trinajstić information content (AvgIpc) is 2.27. The van der Waals surface area contributed by atoms with Crippen LogP contribution in [0.2, 0.25) is 0 Å². The third-order valence-corrected chi connectivity index (χ3v) is 2.87. The van der Waals surface area contributed by atoms with Gasteiger partial charge in [0.05, 0.1) is 12.3 Å².